The first kappa shape index (κ1) is 17.7. The molecule has 0 radical (unpaired) electrons. The van der Waals surface area contributed by atoms with Crippen LogP contribution in [0.3, 0.4) is 0 Å². The maximum atomic E-state index is 12.8. The molecule has 28 heavy (non-hydrogen) atoms. The highest BCUT2D eigenvalue weighted by molar-refractivity contribution is 6.05. The van der Waals surface area contributed by atoms with Crippen LogP contribution in [0.25, 0.3) is 0 Å². The molecule has 2 N–H and O–H groups in total. The van der Waals surface area contributed by atoms with Crippen molar-refractivity contribution in [2.24, 2.45) is 0 Å². The molecule has 0 atom stereocenters. The minimum absolute atomic E-state index is 0.257. The molecule has 0 aromatic heterocycles. The van der Waals surface area contributed by atoms with E-state index in [1.54, 1.807) is 12.1 Å². The number of carbonyl (C=O) groups is 1. The van der Waals surface area contributed by atoms with Gasteiger partial charge >= 0.3 is 0 Å². The van der Waals surface area contributed by atoms with Gasteiger partial charge in [0.05, 0.1) is 7.11 Å². The van der Waals surface area contributed by atoms with Crippen LogP contribution in [0.1, 0.15) is 10.4 Å². The number of hydrogen-bond acceptors (Lipinski definition) is 5. The number of methoxy groups -OCH3 is 1. The number of hydrogen-bond donors (Lipinski definition) is 2. The molecule has 0 aliphatic carbocycles. The number of carbonyl (C=O) groups excluding carboxylic acids is 1. The smallest absolute Gasteiger partial charge is 0.255 e. The van der Waals surface area contributed by atoms with Gasteiger partial charge in [-0.25, -0.2) is 0 Å². The van der Waals surface area contributed by atoms with Crippen LogP contribution in [-0.4, -0.2) is 26.2 Å². The van der Waals surface area contributed by atoms with Gasteiger partial charge < -0.3 is 24.8 Å². The third-order valence-corrected chi connectivity index (χ3v) is 4.27. The van der Waals surface area contributed by atoms with Gasteiger partial charge in [0.1, 0.15) is 13.2 Å². The summed E-state index contributed by atoms with van der Waals surface area (Å²) in [6.07, 6.45) is 0. The first-order chi connectivity index (χ1) is 13.7. The van der Waals surface area contributed by atoms with Crippen LogP contribution in [0.2, 0.25) is 0 Å². The lowest BCUT2D eigenvalue weighted by Crippen LogP contribution is -2.18. The molecule has 0 unspecified atom stereocenters. The van der Waals surface area contributed by atoms with E-state index in [2.05, 4.69) is 10.6 Å². The summed E-state index contributed by atoms with van der Waals surface area (Å²) >= 11 is 0. The molecule has 4 rings (SSSR count). The predicted molar refractivity (Wildman–Crippen MR) is 108 cm³/mol. The van der Waals surface area contributed by atoms with Crippen LogP contribution >= 0.6 is 0 Å². The Morgan fingerprint density at radius 2 is 1.64 bits per heavy atom. The van der Waals surface area contributed by atoms with E-state index in [0.717, 1.165) is 11.4 Å². The lowest BCUT2D eigenvalue weighted by atomic mass is 10.1. The molecule has 6 heteroatoms. The summed E-state index contributed by atoms with van der Waals surface area (Å²) in [5.41, 5.74) is 2.97. The standard InChI is InChI=1S/C22H20N2O4/c1-26-19-12-15(13-20-21(19)28-11-10-27-20)22(25)24-18-9-5-8-17(14-18)23-16-6-3-2-4-7-16/h2-9,12-14,23H,10-11H2,1H3,(H,24,25). The van der Waals surface area contributed by atoms with Gasteiger partial charge in [0.15, 0.2) is 11.5 Å². The summed E-state index contributed by atoms with van der Waals surface area (Å²) in [5.74, 6) is 1.25. The van der Waals surface area contributed by atoms with Gasteiger partial charge in [-0.3, -0.25) is 4.79 Å². The third-order valence-electron chi connectivity index (χ3n) is 4.27. The number of nitrogens with one attached hydrogen (secondary N) is 2. The number of rotatable bonds is 5. The van der Waals surface area contributed by atoms with Gasteiger partial charge in [-0.1, -0.05) is 24.3 Å². The second-order valence-corrected chi connectivity index (χ2v) is 6.23. The van der Waals surface area contributed by atoms with Crippen molar-refractivity contribution in [3.05, 3.63) is 72.3 Å². The highest BCUT2D eigenvalue weighted by Crippen LogP contribution is 2.40. The average molecular weight is 376 g/mol. The van der Waals surface area contributed by atoms with Crippen molar-refractivity contribution < 1.29 is 19.0 Å². The van der Waals surface area contributed by atoms with Gasteiger partial charge in [0, 0.05) is 22.6 Å². The normalized spacial score (nSPS) is 12.2. The first-order valence-electron chi connectivity index (χ1n) is 8.94. The zero-order valence-electron chi connectivity index (χ0n) is 15.4. The maximum Gasteiger partial charge on any atom is 0.255 e. The van der Waals surface area contributed by atoms with E-state index in [1.807, 2.05) is 54.6 Å². The van der Waals surface area contributed by atoms with Crippen molar-refractivity contribution in [1.29, 1.82) is 0 Å². The van der Waals surface area contributed by atoms with Gasteiger partial charge in [-0.2, -0.15) is 0 Å². The number of fused-ring (bicyclic) bond motifs is 1. The number of para-hydroxylation sites is 1. The number of benzene rings is 3. The predicted octanol–water partition coefficient (Wildman–Crippen LogP) is 4.46. The Morgan fingerprint density at radius 3 is 2.46 bits per heavy atom. The quantitative estimate of drug-likeness (QED) is 0.688. The topological polar surface area (TPSA) is 68.8 Å². The first-order valence-corrected chi connectivity index (χ1v) is 8.94. The van der Waals surface area contributed by atoms with Crippen LogP contribution in [-0.2, 0) is 0 Å². The van der Waals surface area contributed by atoms with Gasteiger partial charge in [0.2, 0.25) is 5.75 Å². The summed E-state index contributed by atoms with van der Waals surface area (Å²) in [6.45, 7) is 0.893. The Hall–Kier alpha value is -3.67. The van der Waals surface area contributed by atoms with Gasteiger partial charge in [0.25, 0.3) is 5.91 Å². The number of amides is 1. The number of ether oxygens (including phenoxy) is 3. The molecule has 0 saturated carbocycles. The van der Waals surface area contributed by atoms with Crippen molar-refractivity contribution in [3.63, 3.8) is 0 Å². The molecule has 1 amide bonds. The summed E-state index contributed by atoms with van der Waals surface area (Å²) in [5, 5.41) is 6.22. The second kappa shape index (κ2) is 7.92. The third kappa shape index (κ3) is 3.86. The van der Waals surface area contributed by atoms with Crippen molar-refractivity contribution >= 4 is 23.0 Å². The molecule has 1 aliphatic heterocycles. The van der Waals surface area contributed by atoms with E-state index >= 15 is 0 Å². The van der Waals surface area contributed by atoms with Crippen molar-refractivity contribution in [1.82, 2.24) is 0 Å². The van der Waals surface area contributed by atoms with E-state index in [1.165, 1.54) is 7.11 Å². The lowest BCUT2D eigenvalue weighted by Gasteiger charge is -2.21. The molecule has 0 bridgehead atoms. The van der Waals surface area contributed by atoms with E-state index < -0.39 is 0 Å². The van der Waals surface area contributed by atoms with Crippen LogP contribution in [0.5, 0.6) is 17.2 Å². The molecular weight excluding hydrogens is 356 g/mol. The van der Waals surface area contributed by atoms with Crippen molar-refractivity contribution in [2.45, 2.75) is 0 Å². The average Bonchev–Trinajstić information content (AvgIpc) is 2.74. The molecule has 6 nitrogen and oxygen atoms in total. The minimum Gasteiger partial charge on any atom is -0.493 e. The highest BCUT2D eigenvalue weighted by Gasteiger charge is 2.21. The fourth-order valence-electron chi connectivity index (χ4n) is 2.97. The second-order valence-electron chi connectivity index (χ2n) is 6.23. The summed E-state index contributed by atoms with van der Waals surface area (Å²) in [4.78, 5) is 12.8. The Labute approximate surface area is 163 Å². The fraction of sp³-hybridized carbons (Fsp3) is 0.136. The molecule has 0 spiro atoms. The van der Waals surface area contributed by atoms with Crippen molar-refractivity contribution in [2.75, 3.05) is 31.0 Å². The van der Waals surface area contributed by atoms with Crippen LogP contribution < -0.4 is 24.8 Å². The molecular formula is C22H20N2O4. The SMILES string of the molecule is COc1cc(C(=O)Nc2cccc(Nc3ccccc3)c2)cc2c1OCCO2. The maximum absolute atomic E-state index is 12.8. The molecule has 3 aromatic rings. The van der Waals surface area contributed by atoms with E-state index in [9.17, 15) is 4.79 Å². The zero-order valence-corrected chi connectivity index (χ0v) is 15.4. The van der Waals surface area contributed by atoms with Crippen LogP contribution in [0, 0.1) is 0 Å². The monoisotopic (exact) mass is 376 g/mol. The van der Waals surface area contributed by atoms with Crippen LogP contribution in [0.4, 0.5) is 17.1 Å². The fourth-order valence-corrected chi connectivity index (χ4v) is 2.97. The zero-order chi connectivity index (χ0) is 19.3. The van der Waals surface area contributed by atoms with E-state index in [-0.39, 0.29) is 5.91 Å². The van der Waals surface area contributed by atoms with Gasteiger partial charge in [-0.05, 0) is 42.5 Å². The summed E-state index contributed by atoms with van der Waals surface area (Å²) in [6, 6.07) is 20.7. The molecule has 0 saturated heterocycles. The number of anilines is 3. The van der Waals surface area contributed by atoms with Crippen molar-refractivity contribution in [3.8, 4) is 17.2 Å². The van der Waals surface area contributed by atoms with E-state index in [4.69, 9.17) is 14.2 Å². The molecule has 3 aromatic carbocycles. The minimum atomic E-state index is -0.257. The molecule has 1 heterocycles. The lowest BCUT2D eigenvalue weighted by molar-refractivity contribution is 0.102. The molecule has 0 fully saturated rings. The highest BCUT2D eigenvalue weighted by atomic mass is 16.6. The Balaban J connectivity index is 1.53. The molecule has 142 valence electrons. The Morgan fingerprint density at radius 1 is 0.893 bits per heavy atom. The Kier molecular flexibility index (Phi) is 5.01. The van der Waals surface area contributed by atoms with Gasteiger partial charge in [-0.15, -0.1) is 0 Å². The molecule has 1 aliphatic rings. The summed E-state index contributed by atoms with van der Waals surface area (Å²) in [7, 11) is 1.54. The Bertz CT molecular complexity index is 972. The van der Waals surface area contributed by atoms with Crippen LogP contribution in [0.15, 0.2) is 66.7 Å². The largest absolute Gasteiger partial charge is 0.493 e. The van der Waals surface area contributed by atoms with E-state index in [0.29, 0.717) is 41.7 Å². The summed E-state index contributed by atoms with van der Waals surface area (Å²) < 4.78 is 16.5.